The molecule has 0 N–H and O–H groups in total. The van der Waals surface area contributed by atoms with E-state index in [1.54, 1.807) is 0 Å². The molecule has 0 spiro atoms. The van der Waals surface area contributed by atoms with E-state index in [2.05, 4.69) is 70.1 Å². The van der Waals surface area contributed by atoms with Gasteiger partial charge < -0.3 is 8.98 Å². The summed E-state index contributed by atoms with van der Waals surface area (Å²) in [6.45, 7) is 0. The molecule has 0 aliphatic carbocycles. The lowest BCUT2D eigenvalue weighted by atomic mass is 10.1. The fourth-order valence-electron chi connectivity index (χ4n) is 3.00. The maximum Gasteiger partial charge on any atom is 0.134 e. The van der Waals surface area contributed by atoms with E-state index in [4.69, 9.17) is 4.42 Å². The third-order valence-corrected chi connectivity index (χ3v) is 4.61. The number of aromatic nitrogens is 1. The van der Waals surface area contributed by atoms with Gasteiger partial charge in [-0.3, -0.25) is 0 Å². The van der Waals surface area contributed by atoms with E-state index in [1.807, 2.05) is 24.3 Å². The van der Waals surface area contributed by atoms with Gasteiger partial charge >= 0.3 is 0 Å². The summed E-state index contributed by atoms with van der Waals surface area (Å²) >= 11 is 3.56. The SMILES string of the molecule is Cn1cc(Cc2ccc(-c3ccccc3)o2)c2cc(Br)ccc21. The Morgan fingerprint density at radius 1 is 1.00 bits per heavy atom. The molecule has 0 saturated heterocycles. The first-order chi connectivity index (χ1) is 11.2. The molecule has 0 saturated carbocycles. The van der Waals surface area contributed by atoms with E-state index < -0.39 is 0 Å². The summed E-state index contributed by atoms with van der Waals surface area (Å²) in [5.41, 5.74) is 3.62. The van der Waals surface area contributed by atoms with E-state index in [9.17, 15) is 0 Å². The number of hydrogen-bond acceptors (Lipinski definition) is 1. The molecule has 0 fully saturated rings. The van der Waals surface area contributed by atoms with Crippen LogP contribution in [0.2, 0.25) is 0 Å². The van der Waals surface area contributed by atoms with Crippen molar-refractivity contribution in [2.24, 2.45) is 7.05 Å². The van der Waals surface area contributed by atoms with Gasteiger partial charge in [0.15, 0.2) is 0 Å². The topological polar surface area (TPSA) is 18.1 Å². The molecule has 2 heterocycles. The van der Waals surface area contributed by atoms with E-state index in [1.165, 1.54) is 16.5 Å². The average Bonchev–Trinajstić information content (AvgIpc) is 3.14. The minimum Gasteiger partial charge on any atom is -0.461 e. The highest BCUT2D eigenvalue weighted by atomic mass is 79.9. The third-order valence-electron chi connectivity index (χ3n) is 4.12. The van der Waals surface area contributed by atoms with Gasteiger partial charge in [0.1, 0.15) is 11.5 Å². The van der Waals surface area contributed by atoms with Gasteiger partial charge in [0.05, 0.1) is 0 Å². The first kappa shape index (κ1) is 14.3. The largest absolute Gasteiger partial charge is 0.461 e. The van der Waals surface area contributed by atoms with Crippen molar-refractivity contribution in [3.05, 3.63) is 82.7 Å². The van der Waals surface area contributed by atoms with Gasteiger partial charge in [-0.25, -0.2) is 0 Å². The van der Waals surface area contributed by atoms with Gasteiger partial charge in [0.2, 0.25) is 0 Å². The summed E-state index contributed by atoms with van der Waals surface area (Å²) in [6.07, 6.45) is 2.97. The molecule has 2 aromatic carbocycles. The molecule has 0 amide bonds. The molecular weight excluding hydrogens is 350 g/mol. The van der Waals surface area contributed by atoms with Gasteiger partial charge in [0.25, 0.3) is 0 Å². The molecule has 23 heavy (non-hydrogen) atoms. The number of halogens is 1. The summed E-state index contributed by atoms with van der Waals surface area (Å²) in [5, 5.41) is 1.26. The number of hydrogen-bond donors (Lipinski definition) is 0. The summed E-state index contributed by atoms with van der Waals surface area (Å²) in [6, 6.07) is 20.7. The zero-order valence-corrected chi connectivity index (χ0v) is 14.4. The quantitative estimate of drug-likeness (QED) is 0.449. The zero-order chi connectivity index (χ0) is 15.8. The Balaban J connectivity index is 1.69. The van der Waals surface area contributed by atoms with E-state index in [0.717, 1.165) is 28.0 Å². The summed E-state index contributed by atoms with van der Waals surface area (Å²) in [7, 11) is 2.08. The van der Waals surface area contributed by atoms with Crippen LogP contribution in [-0.2, 0) is 13.5 Å². The van der Waals surface area contributed by atoms with Crippen molar-refractivity contribution in [1.82, 2.24) is 4.57 Å². The Bertz CT molecular complexity index is 966. The molecule has 114 valence electrons. The molecule has 0 radical (unpaired) electrons. The monoisotopic (exact) mass is 365 g/mol. The predicted octanol–water partition coefficient (Wildman–Crippen LogP) is 5.79. The molecule has 3 heteroatoms. The van der Waals surface area contributed by atoms with Crippen molar-refractivity contribution >= 4 is 26.8 Å². The minimum atomic E-state index is 0.792. The maximum atomic E-state index is 6.04. The number of aryl methyl sites for hydroxylation is 1. The second-order valence-electron chi connectivity index (χ2n) is 5.74. The fraction of sp³-hybridized carbons (Fsp3) is 0.100. The van der Waals surface area contributed by atoms with Crippen LogP contribution < -0.4 is 0 Å². The molecule has 2 nitrogen and oxygen atoms in total. The minimum absolute atomic E-state index is 0.792. The van der Waals surface area contributed by atoms with Crippen molar-refractivity contribution in [2.45, 2.75) is 6.42 Å². The van der Waals surface area contributed by atoms with E-state index >= 15 is 0 Å². The Morgan fingerprint density at radius 3 is 2.65 bits per heavy atom. The van der Waals surface area contributed by atoms with Crippen molar-refractivity contribution < 1.29 is 4.42 Å². The van der Waals surface area contributed by atoms with Crippen molar-refractivity contribution in [3.63, 3.8) is 0 Å². The highest BCUT2D eigenvalue weighted by Gasteiger charge is 2.11. The molecule has 4 rings (SSSR count). The van der Waals surface area contributed by atoms with Crippen LogP contribution >= 0.6 is 15.9 Å². The number of furan rings is 1. The highest BCUT2D eigenvalue weighted by molar-refractivity contribution is 9.10. The molecule has 2 aromatic heterocycles. The lowest BCUT2D eigenvalue weighted by Crippen LogP contribution is -1.84. The second kappa shape index (κ2) is 5.74. The van der Waals surface area contributed by atoms with E-state index in [0.29, 0.717) is 0 Å². The lowest BCUT2D eigenvalue weighted by Gasteiger charge is -1.99. The van der Waals surface area contributed by atoms with Crippen LogP contribution in [0.3, 0.4) is 0 Å². The molecule has 4 aromatic rings. The fourth-order valence-corrected chi connectivity index (χ4v) is 3.37. The third kappa shape index (κ3) is 2.73. The summed E-state index contributed by atoms with van der Waals surface area (Å²) in [5.74, 6) is 1.90. The van der Waals surface area contributed by atoms with Gasteiger partial charge in [-0.2, -0.15) is 0 Å². The van der Waals surface area contributed by atoms with Crippen LogP contribution in [0.5, 0.6) is 0 Å². The Morgan fingerprint density at radius 2 is 1.83 bits per heavy atom. The van der Waals surface area contributed by atoms with Crippen LogP contribution in [0, 0.1) is 0 Å². The van der Waals surface area contributed by atoms with Crippen molar-refractivity contribution in [2.75, 3.05) is 0 Å². The molecule has 0 atom stereocenters. The van der Waals surface area contributed by atoms with Crippen LogP contribution in [-0.4, -0.2) is 4.57 Å². The average molecular weight is 366 g/mol. The van der Waals surface area contributed by atoms with Gasteiger partial charge in [-0.05, 0) is 35.9 Å². The molecular formula is C20H16BrNO. The van der Waals surface area contributed by atoms with Crippen LogP contribution in [0.1, 0.15) is 11.3 Å². The molecule has 0 unspecified atom stereocenters. The number of fused-ring (bicyclic) bond motifs is 1. The lowest BCUT2D eigenvalue weighted by molar-refractivity contribution is 0.534. The Kier molecular flexibility index (Phi) is 3.58. The van der Waals surface area contributed by atoms with E-state index in [-0.39, 0.29) is 0 Å². The van der Waals surface area contributed by atoms with Crippen molar-refractivity contribution in [3.8, 4) is 11.3 Å². The second-order valence-corrected chi connectivity index (χ2v) is 6.65. The summed E-state index contributed by atoms with van der Waals surface area (Å²) in [4.78, 5) is 0. The number of nitrogens with zero attached hydrogens (tertiary/aromatic N) is 1. The standard InChI is InChI=1S/C20H16BrNO/c1-22-13-15(18-12-16(21)7-9-19(18)22)11-17-8-10-20(23-17)14-5-3-2-4-6-14/h2-10,12-13H,11H2,1H3. The van der Waals surface area contributed by atoms with Crippen LogP contribution in [0.15, 0.2) is 75.8 Å². The smallest absolute Gasteiger partial charge is 0.134 e. The zero-order valence-electron chi connectivity index (χ0n) is 12.8. The predicted molar refractivity (Wildman–Crippen MR) is 97.6 cm³/mol. The van der Waals surface area contributed by atoms with Crippen LogP contribution in [0.25, 0.3) is 22.2 Å². The van der Waals surface area contributed by atoms with Gasteiger partial charge in [0, 0.05) is 40.6 Å². The Labute approximate surface area is 143 Å². The Hall–Kier alpha value is -2.26. The first-order valence-corrected chi connectivity index (χ1v) is 8.37. The van der Waals surface area contributed by atoms with Crippen LogP contribution in [0.4, 0.5) is 0 Å². The highest BCUT2D eigenvalue weighted by Crippen LogP contribution is 2.28. The molecule has 0 aliphatic rings. The molecule has 0 bridgehead atoms. The van der Waals surface area contributed by atoms with Crippen molar-refractivity contribution in [1.29, 1.82) is 0 Å². The maximum absolute atomic E-state index is 6.04. The first-order valence-electron chi connectivity index (χ1n) is 7.58. The molecule has 0 aliphatic heterocycles. The normalized spacial score (nSPS) is 11.2. The number of benzene rings is 2. The number of rotatable bonds is 3. The summed E-state index contributed by atoms with van der Waals surface area (Å²) < 4.78 is 9.30. The van der Waals surface area contributed by atoms with Gasteiger partial charge in [-0.15, -0.1) is 0 Å². The van der Waals surface area contributed by atoms with Gasteiger partial charge in [-0.1, -0.05) is 46.3 Å².